The fourth-order valence-corrected chi connectivity index (χ4v) is 1.63. The van der Waals surface area contributed by atoms with Gasteiger partial charge in [-0.25, -0.2) is 0 Å². The van der Waals surface area contributed by atoms with E-state index in [1.54, 1.807) is 0 Å². The summed E-state index contributed by atoms with van der Waals surface area (Å²) < 4.78 is 5.45. The molecule has 0 aliphatic rings. The van der Waals surface area contributed by atoms with E-state index in [4.69, 9.17) is 4.74 Å². The van der Waals surface area contributed by atoms with Crippen LogP contribution in [0.2, 0.25) is 0 Å². The summed E-state index contributed by atoms with van der Waals surface area (Å²) >= 11 is 0. The third-order valence-electron chi connectivity index (χ3n) is 2.57. The number of unbranched alkanes of at least 4 members (excludes halogenated alkanes) is 2. The Hall–Kier alpha value is -1.02. The van der Waals surface area contributed by atoms with Crippen molar-refractivity contribution >= 4 is 5.69 Å². The molecular formula is C14H23NO. The zero-order chi connectivity index (χ0) is 11.6. The van der Waals surface area contributed by atoms with Gasteiger partial charge in [-0.05, 0) is 19.4 Å². The zero-order valence-electron chi connectivity index (χ0n) is 10.5. The predicted octanol–water partition coefficient (Wildman–Crippen LogP) is 3.83. The molecule has 1 N–H and O–H groups in total. The van der Waals surface area contributed by atoms with Crippen molar-refractivity contribution in [3.05, 3.63) is 29.8 Å². The third kappa shape index (κ3) is 4.67. The molecule has 0 unspecified atom stereocenters. The molecule has 0 aromatic heterocycles. The number of rotatable bonds is 8. The van der Waals surface area contributed by atoms with Crippen LogP contribution in [0.15, 0.2) is 24.3 Å². The van der Waals surface area contributed by atoms with Gasteiger partial charge in [-0.1, -0.05) is 38.0 Å². The van der Waals surface area contributed by atoms with E-state index in [9.17, 15) is 0 Å². The standard InChI is InChI=1S/C14H23NO/c1-3-5-8-11-15-14-10-7-6-9-13(14)12-16-4-2/h6-7,9-10,15H,3-5,8,11-12H2,1-2H3. The summed E-state index contributed by atoms with van der Waals surface area (Å²) in [5.41, 5.74) is 2.47. The summed E-state index contributed by atoms with van der Waals surface area (Å²) in [6.07, 6.45) is 3.79. The smallest absolute Gasteiger partial charge is 0.0736 e. The fraction of sp³-hybridized carbons (Fsp3) is 0.571. The van der Waals surface area contributed by atoms with Crippen LogP contribution in [0, 0.1) is 0 Å². The van der Waals surface area contributed by atoms with Gasteiger partial charge in [-0.2, -0.15) is 0 Å². The fourth-order valence-electron chi connectivity index (χ4n) is 1.63. The minimum Gasteiger partial charge on any atom is -0.385 e. The first kappa shape index (κ1) is 13.0. The van der Waals surface area contributed by atoms with Crippen molar-refractivity contribution in [2.75, 3.05) is 18.5 Å². The molecule has 90 valence electrons. The molecule has 0 aliphatic heterocycles. The summed E-state index contributed by atoms with van der Waals surface area (Å²) in [4.78, 5) is 0. The Morgan fingerprint density at radius 1 is 1.12 bits per heavy atom. The molecule has 1 aromatic carbocycles. The van der Waals surface area contributed by atoms with Crippen LogP contribution in [0.3, 0.4) is 0 Å². The van der Waals surface area contributed by atoms with Crippen LogP contribution >= 0.6 is 0 Å². The molecule has 0 spiro atoms. The number of nitrogens with one attached hydrogen (secondary N) is 1. The Morgan fingerprint density at radius 3 is 2.69 bits per heavy atom. The second-order valence-electron chi connectivity index (χ2n) is 3.93. The van der Waals surface area contributed by atoms with Crippen molar-refractivity contribution in [3.63, 3.8) is 0 Å². The maximum absolute atomic E-state index is 5.45. The first-order valence-corrected chi connectivity index (χ1v) is 6.28. The summed E-state index contributed by atoms with van der Waals surface area (Å²) in [5.74, 6) is 0. The van der Waals surface area contributed by atoms with Gasteiger partial charge in [0.15, 0.2) is 0 Å². The molecule has 0 fully saturated rings. The molecule has 2 nitrogen and oxygen atoms in total. The van der Waals surface area contributed by atoms with E-state index >= 15 is 0 Å². The molecule has 0 radical (unpaired) electrons. The first-order chi connectivity index (χ1) is 7.88. The minimum atomic E-state index is 0.702. The molecule has 1 aromatic rings. The molecule has 0 heterocycles. The topological polar surface area (TPSA) is 21.3 Å². The lowest BCUT2D eigenvalue weighted by Crippen LogP contribution is -2.05. The Labute approximate surface area is 99.0 Å². The van der Waals surface area contributed by atoms with E-state index in [1.165, 1.54) is 30.5 Å². The predicted molar refractivity (Wildman–Crippen MR) is 69.8 cm³/mol. The quantitative estimate of drug-likeness (QED) is 0.674. The van der Waals surface area contributed by atoms with Gasteiger partial charge in [0.25, 0.3) is 0 Å². The Balaban J connectivity index is 2.43. The molecule has 0 bridgehead atoms. The number of hydrogen-bond donors (Lipinski definition) is 1. The van der Waals surface area contributed by atoms with Crippen LogP contribution in [-0.4, -0.2) is 13.2 Å². The van der Waals surface area contributed by atoms with Gasteiger partial charge >= 0.3 is 0 Å². The van der Waals surface area contributed by atoms with Crippen molar-refractivity contribution in [1.29, 1.82) is 0 Å². The molecule has 16 heavy (non-hydrogen) atoms. The molecule has 0 amide bonds. The molecule has 0 atom stereocenters. The highest BCUT2D eigenvalue weighted by molar-refractivity contribution is 5.50. The third-order valence-corrected chi connectivity index (χ3v) is 2.57. The normalized spacial score (nSPS) is 10.4. The van der Waals surface area contributed by atoms with E-state index in [0.29, 0.717) is 6.61 Å². The monoisotopic (exact) mass is 221 g/mol. The maximum atomic E-state index is 5.45. The van der Waals surface area contributed by atoms with Crippen LogP contribution in [0.1, 0.15) is 38.7 Å². The molecule has 0 aliphatic carbocycles. The van der Waals surface area contributed by atoms with E-state index in [0.717, 1.165) is 13.2 Å². The molecule has 0 saturated carbocycles. The van der Waals surface area contributed by atoms with Crippen LogP contribution < -0.4 is 5.32 Å². The van der Waals surface area contributed by atoms with Gasteiger partial charge in [0.2, 0.25) is 0 Å². The van der Waals surface area contributed by atoms with Crippen molar-refractivity contribution < 1.29 is 4.74 Å². The van der Waals surface area contributed by atoms with Crippen LogP contribution in [-0.2, 0) is 11.3 Å². The maximum Gasteiger partial charge on any atom is 0.0736 e. The van der Waals surface area contributed by atoms with E-state index in [2.05, 4.69) is 36.5 Å². The van der Waals surface area contributed by atoms with Crippen LogP contribution in [0.25, 0.3) is 0 Å². The number of anilines is 1. The average Bonchev–Trinajstić information content (AvgIpc) is 2.33. The van der Waals surface area contributed by atoms with Gasteiger partial charge in [0.05, 0.1) is 6.61 Å². The minimum absolute atomic E-state index is 0.702. The number of para-hydroxylation sites is 1. The number of ether oxygens (including phenoxy) is 1. The highest BCUT2D eigenvalue weighted by atomic mass is 16.5. The summed E-state index contributed by atoms with van der Waals surface area (Å²) in [6, 6.07) is 8.38. The summed E-state index contributed by atoms with van der Waals surface area (Å²) in [6.45, 7) is 6.77. The van der Waals surface area contributed by atoms with E-state index < -0.39 is 0 Å². The molecule has 1 rings (SSSR count). The lowest BCUT2D eigenvalue weighted by atomic mass is 10.2. The highest BCUT2D eigenvalue weighted by Gasteiger charge is 2.00. The van der Waals surface area contributed by atoms with Crippen molar-refractivity contribution in [1.82, 2.24) is 0 Å². The average molecular weight is 221 g/mol. The molecule has 2 heteroatoms. The van der Waals surface area contributed by atoms with Gasteiger partial charge < -0.3 is 10.1 Å². The van der Waals surface area contributed by atoms with Gasteiger partial charge in [0.1, 0.15) is 0 Å². The SMILES string of the molecule is CCCCCNc1ccccc1COCC. The van der Waals surface area contributed by atoms with Gasteiger partial charge in [0, 0.05) is 24.4 Å². The second-order valence-corrected chi connectivity index (χ2v) is 3.93. The number of benzene rings is 1. The Kier molecular flexibility index (Phi) is 6.66. The van der Waals surface area contributed by atoms with Crippen LogP contribution in [0.5, 0.6) is 0 Å². The van der Waals surface area contributed by atoms with Crippen molar-refractivity contribution in [2.24, 2.45) is 0 Å². The lowest BCUT2D eigenvalue weighted by molar-refractivity contribution is 0.134. The van der Waals surface area contributed by atoms with Crippen molar-refractivity contribution in [2.45, 2.75) is 39.7 Å². The van der Waals surface area contributed by atoms with E-state index in [-0.39, 0.29) is 0 Å². The summed E-state index contributed by atoms with van der Waals surface area (Å²) in [5, 5.41) is 3.48. The largest absolute Gasteiger partial charge is 0.385 e. The summed E-state index contributed by atoms with van der Waals surface area (Å²) in [7, 11) is 0. The lowest BCUT2D eigenvalue weighted by Gasteiger charge is -2.11. The molecular weight excluding hydrogens is 198 g/mol. The van der Waals surface area contributed by atoms with Gasteiger partial charge in [-0.15, -0.1) is 0 Å². The Morgan fingerprint density at radius 2 is 1.94 bits per heavy atom. The second kappa shape index (κ2) is 8.17. The zero-order valence-corrected chi connectivity index (χ0v) is 10.5. The highest BCUT2D eigenvalue weighted by Crippen LogP contribution is 2.16. The van der Waals surface area contributed by atoms with Gasteiger partial charge in [-0.3, -0.25) is 0 Å². The van der Waals surface area contributed by atoms with E-state index in [1.807, 2.05) is 6.92 Å². The molecule has 0 saturated heterocycles. The number of hydrogen-bond acceptors (Lipinski definition) is 2. The Bertz CT molecular complexity index is 286. The van der Waals surface area contributed by atoms with Crippen molar-refractivity contribution in [3.8, 4) is 0 Å². The van der Waals surface area contributed by atoms with Crippen LogP contribution in [0.4, 0.5) is 5.69 Å². The first-order valence-electron chi connectivity index (χ1n) is 6.28.